The summed E-state index contributed by atoms with van der Waals surface area (Å²) in [7, 11) is 1.75. The molecule has 0 atom stereocenters. The van der Waals surface area contributed by atoms with E-state index < -0.39 is 11.1 Å². The van der Waals surface area contributed by atoms with Crippen LogP contribution in [-0.2, 0) is 23.2 Å². The second kappa shape index (κ2) is 6.74. The number of hydrogen-bond acceptors (Lipinski definition) is 4. The van der Waals surface area contributed by atoms with Gasteiger partial charge in [-0.1, -0.05) is 29.8 Å². The van der Waals surface area contributed by atoms with Crippen molar-refractivity contribution in [3.05, 3.63) is 53.3 Å². The Morgan fingerprint density at radius 1 is 1.25 bits per heavy atom. The molecule has 7 heteroatoms. The highest BCUT2D eigenvalue weighted by molar-refractivity contribution is 5.93. The molecule has 1 saturated carbocycles. The van der Waals surface area contributed by atoms with Crippen molar-refractivity contribution in [3.8, 4) is 0 Å². The smallest absolute Gasteiger partial charge is 0.272 e. The quantitative estimate of drug-likeness (QED) is 0.827. The van der Waals surface area contributed by atoms with E-state index in [1.807, 2.05) is 12.1 Å². The van der Waals surface area contributed by atoms with Gasteiger partial charge in [-0.25, -0.2) is 0 Å². The van der Waals surface area contributed by atoms with Crippen molar-refractivity contribution in [2.24, 2.45) is 7.05 Å². The number of benzene rings is 1. The number of likely N-dealkylation sites (tertiary alicyclic amines) is 1. The Balaban J connectivity index is 1.48. The molecule has 2 aliphatic rings. The molecule has 2 aromatic rings. The van der Waals surface area contributed by atoms with Gasteiger partial charge in [-0.15, -0.1) is 0 Å². The third kappa shape index (κ3) is 3.20. The summed E-state index contributed by atoms with van der Waals surface area (Å²) in [6.45, 7) is 4.97. The molecular formula is C21H26N4O3. The summed E-state index contributed by atoms with van der Waals surface area (Å²) in [5.41, 5.74) is 1.91. The average Bonchev–Trinajstić information content (AvgIpc) is 3.29. The predicted octanol–water partition coefficient (Wildman–Crippen LogP) is 1.81. The van der Waals surface area contributed by atoms with Crippen LogP contribution in [-0.4, -0.2) is 50.7 Å². The molecule has 0 bridgehead atoms. The predicted molar refractivity (Wildman–Crippen MR) is 104 cm³/mol. The van der Waals surface area contributed by atoms with Crippen molar-refractivity contribution in [1.29, 1.82) is 0 Å². The fraction of sp³-hybridized carbons (Fsp3) is 0.476. The maximum atomic E-state index is 12.8. The molecule has 2 heterocycles. The van der Waals surface area contributed by atoms with E-state index in [1.165, 1.54) is 12.5 Å². The molecule has 28 heavy (non-hydrogen) atoms. The van der Waals surface area contributed by atoms with Crippen molar-refractivity contribution < 1.29 is 14.3 Å². The van der Waals surface area contributed by atoms with Crippen LogP contribution in [0.2, 0.25) is 0 Å². The normalized spacial score (nSPS) is 19.0. The third-order valence-electron chi connectivity index (χ3n) is 5.84. The molecule has 1 aliphatic carbocycles. The number of nitrogens with one attached hydrogen (secondary N) is 1. The van der Waals surface area contributed by atoms with Crippen LogP contribution in [0.3, 0.4) is 0 Å². The first-order valence-corrected chi connectivity index (χ1v) is 9.60. The number of hydrogen-bond donors (Lipinski definition) is 1. The lowest BCUT2D eigenvalue weighted by atomic mass is 9.81. The number of nitrogens with zero attached hydrogens (tertiary/aromatic N) is 3. The second-order valence-electron chi connectivity index (χ2n) is 8.04. The molecule has 7 nitrogen and oxygen atoms in total. The highest BCUT2D eigenvalue weighted by Gasteiger charge is 2.67. The molecule has 1 aliphatic heterocycles. The van der Waals surface area contributed by atoms with Gasteiger partial charge in [-0.3, -0.25) is 14.3 Å². The highest BCUT2D eigenvalue weighted by Crippen LogP contribution is 2.52. The number of carbonyl (C=O) groups excluding carboxylic acids is 2. The maximum absolute atomic E-state index is 12.8. The van der Waals surface area contributed by atoms with Gasteiger partial charge in [-0.2, -0.15) is 5.10 Å². The standard InChI is InChI=1S/C21H26N4O3/c1-15-5-4-6-17(11-15)12-28-21(8-9-21)20(23-16(2)26)13-25(14-20)19(27)18-7-10-22-24(18)3/h4-7,10-11H,8-9,12-14H2,1-3H3,(H,23,26). The Morgan fingerprint density at radius 3 is 2.57 bits per heavy atom. The van der Waals surface area contributed by atoms with Crippen LogP contribution in [0.25, 0.3) is 0 Å². The van der Waals surface area contributed by atoms with Crippen LogP contribution >= 0.6 is 0 Å². The lowest BCUT2D eigenvalue weighted by molar-refractivity contribution is -0.135. The Morgan fingerprint density at radius 2 is 2.00 bits per heavy atom. The Bertz CT molecular complexity index is 910. The summed E-state index contributed by atoms with van der Waals surface area (Å²) in [6.07, 6.45) is 3.38. The Labute approximate surface area is 164 Å². The van der Waals surface area contributed by atoms with Gasteiger partial charge in [0.2, 0.25) is 5.91 Å². The van der Waals surface area contributed by atoms with Crippen LogP contribution in [0, 0.1) is 6.92 Å². The van der Waals surface area contributed by atoms with Gasteiger partial charge in [0.05, 0.1) is 12.2 Å². The molecule has 2 amide bonds. The van der Waals surface area contributed by atoms with E-state index in [2.05, 4.69) is 29.5 Å². The van der Waals surface area contributed by atoms with Crippen molar-refractivity contribution in [2.75, 3.05) is 13.1 Å². The zero-order valence-corrected chi connectivity index (χ0v) is 16.6. The minimum Gasteiger partial charge on any atom is -0.368 e. The molecule has 0 unspecified atom stereocenters. The molecule has 0 spiro atoms. The lowest BCUT2D eigenvalue weighted by Gasteiger charge is -2.54. The van der Waals surface area contributed by atoms with E-state index in [0.29, 0.717) is 25.4 Å². The number of carbonyl (C=O) groups is 2. The highest BCUT2D eigenvalue weighted by atomic mass is 16.5. The first-order valence-electron chi connectivity index (χ1n) is 9.60. The monoisotopic (exact) mass is 382 g/mol. The van der Waals surface area contributed by atoms with Gasteiger partial charge >= 0.3 is 0 Å². The number of rotatable bonds is 6. The fourth-order valence-corrected chi connectivity index (χ4v) is 4.21. The van der Waals surface area contributed by atoms with Crippen LogP contribution in [0.15, 0.2) is 36.5 Å². The molecule has 4 rings (SSSR count). The summed E-state index contributed by atoms with van der Waals surface area (Å²) >= 11 is 0. The van der Waals surface area contributed by atoms with Gasteiger partial charge in [0.1, 0.15) is 11.2 Å². The summed E-state index contributed by atoms with van der Waals surface area (Å²) in [5, 5.41) is 7.18. The van der Waals surface area contributed by atoms with E-state index in [1.54, 1.807) is 28.9 Å². The molecule has 1 saturated heterocycles. The molecule has 0 radical (unpaired) electrons. The summed E-state index contributed by atoms with van der Waals surface area (Å²) < 4.78 is 7.93. The van der Waals surface area contributed by atoms with Gasteiger partial charge in [0.15, 0.2) is 0 Å². The zero-order chi connectivity index (χ0) is 19.9. The van der Waals surface area contributed by atoms with Gasteiger partial charge < -0.3 is 15.0 Å². The van der Waals surface area contributed by atoms with E-state index >= 15 is 0 Å². The Hall–Kier alpha value is -2.67. The topological polar surface area (TPSA) is 76.5 Å². The SMILES string of the molecule is CC(=O)NC1(C2(OCc3cccc(C)c3)CC2)CN(C(=O)c2ccnn2C)C1. The first-order chi connectivity index (χ1) is 13.3. The maximum Gasteiger partial charge on any atom is 0.272 e. The van der Waals surface area contributed by atoms with Gasteiger partial charge in [0, 0.05) is 33.3 Å². The van der Waals surface area contributed by atoms with Crippen LogP contribution in [0.4, 0.5) is 0 Å². The molecule has 1 N–H and O–H groups in total. The molecule has 2 fully saturated rings. The molecule has 1 aromatic heterocycles. The average molecular weight is 382 g/mol. The molecule has 1 aromatic carbocycles. The lowest BCUT2D eigenvalue weighted by Crippen LogP contribution is -2.77. The number of ether oxygens (including phenoxy) is 1. The largest absolute Gasteiger partial charge is 0.368 e. The first kappa shape index (κ1) is 18.7. The Kier molecular flexibility index (Phi) is 4.50. The van der Waals surface area contributed by atoms with E-state index in [0.717, 1.165) is 18.4 Å². The molecule has 148 valence electrons. The van der Waals surface area contributed by atoms with Crippen molar-refractivity contribution in [2.45, 2.75) is 44.4 Å². The molecular weight excluding hydrogens is 356 g/mol. The van der Waals surface area contributed by atoms with Crippen LogP contribution in [0.1, 0.15) is 41.4 Å². The van der Waals surface area contributed by atoms with E-state index in [4.69, 9.17) is 4.74 Å². The summed E-state index contributed by atoms with van der Waals surface area (Å²) in [4.78, 5) is 26.4. The van der Waals surface area contributed by atoms with Crippen molar-refractivity contribution >= 4 is 11.8 Å². The summed E-state index contributed by atoms with van der Waals surface area (Å²) in [6, 6.07) is 9.95. The minimum absolute atomic E-state index is 0.0736. The van der Waals surface area contributed by atoms with Gasteiger partial charge in [0.25, 0.3) is 5.91 Å². The van der Waals surface area contributed by atoms with Gasteiger partial charge in [-0.05, 0) is 31.4 Å². The minimum atomic E-state index is -0.531. The van der Waals surface area contributed by atoms with E-state index in [9.17, 15) is 9.59 Å². The number of aryl methyl sites for hydroxylation is 2. The van der Waals surface area contributed by atoms with Crippen molar-refractivity contribution in [3.63, 3.8) is 0 Å². The number of amides is 2. The second-order valence-corrected chi connectivity index (χ2v) is 8.04. The third-order valence-corrected chi connectivity index (χ3v) is 5.84. The van der Waals surface area contributed by atoms with E-state index in [-0.39, 0.29) is 11.8 Å². The zero-order valence-electron chi connectivity index (χ0n) is 16.6. The fourth-order valence-electron chi connectivity index (χ4n) is 4.21. The van der Waals surface area contributed by atoms with Crippen LogP contribution in [0.5, 0.6) is 0 Å². The summed E-state index contributed by atoms with van der Waals surface area (Å²) in [5.74, 6) is -0.173. The van der Waals surface area contributed by atoms with Crippen molar-refractivity contribution in [1.82, 2.24) is 20.0 Å². The van der Waals surface area contributed by atoms with Crippen LogP contribution < -0.4 is 5.32 Å². The number of aromatic nitrogens is 2.